The first-order valence-corrected chi connectivity index (χ1v) is 7.55. The van der Waals surface area contributed by atoms with Gasteiger partial charge in [-0.3, -0.25) is 4.79 Å². The van der Waals surface area contributed by atoms with Crippen molar-refractivity contribution < 1.29 is 19.4 Å². The van der Waals surface area contributed by atoms with E-state index in [0.717, 1.165) is 45.1 Å². The molecule has 2 fully saturated rings. The molecule has 3 atom stereocenters. The van der Waals surface area contributed by atoms with Crippen LogP contribution in [0.5, 0.6) is 0 Å². The van der Waals surface area contributed by atoms with E-state index < -0.39 is 11.9 Å². The third kappa shape index (κ3) is 4.37. The molecule has 3 N–H and O–H groups in total. The third-order valence-corrected chi connectivity index (χ3v) is 4.16. The summed E-state index contributed by atoms with van der Waals surface area (Å²) < 4.78 is 5.44. The van der Waals surface area contributed by atoms with Crippen LogP contribution in [0.2, 0.25) is 0 Å². The van der Waals surface area contributed by atoms with Gasteiger partial charge in [0.25, 0.3) is 0 Å². The lowest BCUT2D eigenvalue weighted by Crippen LogP contribution is -2.48. The maximum Gasteiger partial charge on any atom is 0.315 e. The zero-order valence-corrected chi connectivity index (χ0v) is 11.8. The fraction of sp³-hybridized carbons (Fsp3) is 0.857. The van der Waals surface area contributed by atoms with Gasteiger partial charge >= 0.3 is 12.0 Å². The van der Waals surface area contributed by atoms with Gasteiger partial charge in [0.15, 0.2) is 0 Å². The van der Waals surface area contributed by atoms with Crippen LogP contribution in [-0.4, -0.2) is 42.4 Å². The molecule has 20 heavy (non-hydrogen) atoms. The normalized spacial score (nSPS) is 30.5. The summed E-state index contributed by atoms with van der Waals surface area (Å²) in [6, 6.07) is -0.543. The molecule has 6 heteroatoms. The van der Waals surface area contributed by atoms with Crippen molar-refractivity contribution >= 4 is 12.0 Å². The monoisotopic (exact) mass is 284 g/mol. The molecule has 0 radical (unpaired) electrons. The fourth-order valence-electron chi connectivity index (χ4n) is 3.01. The van der Waals surface area contributed by atoms with Crippen molar-refractivity contribution in [2.45, 2.75) is 57.1 Å². The molecular weight excluding hydrogens is 260 g/mol. The number of hydrogen-bond acceptors (Lipinski definition) is 3. The Morgan fingerprint density at radius 3 is 2.60 bits per heavy atom. The van der Waals surface area contributed by atoms with Gasteiger partial charge in [0.05, 0.1) is 12.0 Å². The van der Waals surface area contributed by atoms with Crippen LogP contribution in [0.4, 0.5) is 4.79 Å². The molecule has 2 aliphatic rings. The van der Waals surface area contributed by atoms with Gasteiger partial charge in [-0.15, -0.1) is 0 Å². The summed E-state index contributed by atoms with van der Waals surface area (Å²) >= 11 is 0. The molecule has 0 bridgehead atoms. The Morgan fingerprint density at radius 1 is 1.10 bits per heavy atom. The summed E-state index contributed by atoms with van der Waals surface area (Å²) in [5, 5.41) is 14.9. The lowest BCUT2D eigenvalue weighted by atomic mass is 9.95. The van der Waals surface area contributed by atoms with Crippen molar-refractivity contribution in [3.63, 3.8) is 0 Å². The fourth-order valence-corrected chi connectivity index (χ4v) is 3.01. The second-order valence-electron chi connectivity index (χ2n) is 5.68. The Balaban J connectivity index is 1.79. The lowest BCUT2D eigenvalue weighted by Gasteiger charge is -2.23. The summed E-state index contributed by atoms with van der Waals surface area (Å²) in [5.41, 5.74) is 0. The Hall–Kier alpha value is -1.30. The molecule has 1 heterocycles. The Morgan fingerprint density at radius 2 is 1.90 bits per heavy atom. The van der Waals surface area contributed by atoms with Crippen LogP contribution >= 0.6 is 0 Å². The van der Waals surface area contributed by atoms with Crippen LogP contribution in [0.15, 0.2) is 0 Å². The van der Waals surface area contributed by atoms with E-state index in [9.17, 15) is 14.7 Å². The van der Waals surface area contributed by atoms with E-state index in [1.807, 2.05) is 0 Å². The number of carboxylic acids is 1. The number of carbonyl (C=O) groups excluding carboxylic acids is 1. The first-order chi connectivity index (χ1) is 9.66. The topological polar surface area (TPSA) is 87.7 Å². The minimum absolute atomic E-state index is 0.102. The highest BCUT2D eigenvalue weighted by Crippen LogP contribution is 2.23. The molecule has 1 saturated carbocycles. The smallest absolute Gasteiger partial charge is 0.315 e. The second kappa shape index (κ2) is 7.47. The summed E-state index contributed by atoms with van der Waals surface area (Å²) in [4.78, 5) is 23.2. The van der Waals surface area contributed by atoms with E-state index in [1.54, 1.807) is 0 Å². The number of carbonyl (C=O) groups is 2. The zero-order chi connectivity index (χ0) is 14.4. The van der Waals surface area contributed by atoms with Crippen LogP contribution in [0.3, 0.4) is 0 Å². The third-order valence-electron chi connectivity index (χ3n) is 4.16. The molecule has 1 saturated heterocycles. The first-order valence-electron chi connectivity index (χ1n) is 7.55. The van der Waals surface area contributed by atoms with Gasteiger partial charge in [0, 0.05) is 19.2 Å². The predicted octanol–water partition coefficient (Wildman–Crippen LogP) is 1.50. The Kier molecular flexibility index (Phi) is 5.64. The van der Waals surface area contributed by atoms with E-state index in [-0.39, 0.29) is 18.2 Å². The van der Waals surface area contributed by atoms with Crippen molar-refractivity contribution in [1.82, 2.24) is 10.6 Å². The van der Waals surface area contributed by atoms with Crippen LogP contribution in [0.25, 0.3) is 0 Å². The predicted molar refractivity (Wildman–Crippen MR) is 73.5 cm³/mol. The number of nitrogens with one attached hydrogen (secondary N) is 2. The number of amides is 2. The highest BCUT2D eigenvalue weighted by Gasteiger charge is 2.30. The van der Waals surface area contributed by atoms with Crippen molar-refractivity contribution in [3.05, 3.63) is 0 Å². The van der Waals surface area contributed by atoms with Crippen LogP contribution in [-0.2, 0) is 9.53 Å². The summed E-state index contributed by atoms with van der Waals surface area (Å²) in [5.74, 6) is -1.28. The maximum atomic E-state index is 11.9. The standard InChI is InChI=1S/C14H24N2O4/c17-13(18)11-6-2-1-3-7-12(11)16-14(19)15-9-10-5-4-8-20-10/h10-12H,1-9H2,(H,17,18)(H2,15,16,19). The molecule has 1 aliphatic carbocycles. The Labute approximate surface area is 119 Å². The van der Waals surface area contributed by atoms with Gasteiger partial charge in [0.1, 0.15) is 0 Å². The number of ether oxygens (including phenoxy) is 1. The van der Waals surface area contributed by atoms with Crippen molar-refractivity contribution in [3.8, 4) is 0 Å². The van der Waals surface area contributed by atoms with Crippen LogP contribution in [0.1, 0.15) is 44.9 Å². The summed E-state index contributed by atoms with van der Waals surface area (Å²) in [6.07, 6.45) is 6.44. The van der Waals surface area contributed by atoms with Crippen LogP contribution < -0.4 is 10.6 Å². The van der Waals surface area contributed by atoms with Gasteiger partial charge < -0.3 is 20.5 Å². The first kappa shape index (κ1) is 15.1. The highest BCUT2D eigenvalue weighted by molar-refractivity contribution is 5.76. The zero-order valence-electron chi connectivity index (χ0n) is 11.8. The summed E-state index contributed by atoms with van der Waals surface area (Å²) in [6.45, 7) is 1.26. The van der Waals surface area contributed by atoms with E-state index in [2.05, 4.69) is 10.6 Å². The Bertz CT molecular complexity index is 342. The van der Waals surface area contributed by atoms with Crippen molar-refractivity contribution in [2.24, 2.45) is 5.92 Å². The lowest BCUT2D eigenvalue weighted by molar-refractivity contribution is -0.142. The van der Waals surface area contributed by atoms with Gasteiger partial charge in [-0.1, -0.05) is 19.3 Å². The molecule has 3 unspecified atom stereocenters. The molecule has 2 rings (SSSR count). The molecule has 0 aromatic heterocycles. The highest BCUT2D eigenvalue weighted by atomic mass is 16.5. The maximum absolute atomic E-state index is 11.9. The van der Waals surface area contributed by atoms with E-state index in [4.69, 9.17) is 4.74 Å². The molecule has 6 nitrogen and oxygen atoms in total. The van der Waals surface area contributed by atoms with Crippen LogP contribution in [0, 0.1) is 5.92 Å². The molecule has 0 aromatic carbocycles. The molecule has 0 spiro atoms. The van der Waals surface area contributed by atoms with Gasteiger partial charge in [-0.2, -0.15) is 0 Å². The van der Waals surface area contributed by atoms with Gasteiger partial charge in [-0.05, 0) is 25.7 Å². The minimum Gasteiger partial charge on any atom is -0.481 e. The molecule has 1 aliphatic heterocycles. The van der Waals surface area contributed by atoms with E-state index >= 15 is 0 Å². The number of aliphatic carboxylic acids is 1. The SMILES string of the molecule is O=C(NCC1CCCO1)NC1CCCCCC1C(=O)O. The number of urea groups is 1. The van der Waals surface area contributed by atoms with Gasteiger partial charge in [-0.25, -0.2) is 4.79 Å². The summed E-state index contributed by atoms with van der Waals surface area (Å²) in [7, 11) is 0. The second-order valence-corrected chi connectivity index (χ2v) is 5.68. The molecule has 0 aromatic rings. The number of rotatable bonds is 4. The minimum atomic E-state index is -0.809. The molecule has 114 valence electrons. The number of hydrogen-bond donors (Lipinski definition) is 3. The molecule has 2 amide bonds. The quantitative estimate of drug-likeness (QED) is 0.683. The molecular formula is C14H24N2O4. The largest absolute Gasteiger partial charge is 0.481 e. The van der Waals surface area contributed by atoms with Gasteiger partial charge in [0.2, 0.25) is 0 Å². The average Bonchev–Trinajstić information content (AvgIpc) is 2.82. The van der Waals surface area contributed by atoms with E-state index in [1.165, 1.54) is 0 Å². The number of carboxylic acid groups (broad SMARTS) is 1. The van der Waals surface area contributed by atoms with Crippen molar-refractivity contribution in [1.29, 1.82) is 0 Å². The van der Waals surface area contributed by atoms with E-state index in [0.29, 0.717) is 13.0 Å². The average molecular weight is 284 g/mol. The van der Waals surface area contributed by atoms with Crippen molar-refractivity contribution in [2.75, 3.05) is 13.2 Å².